The lowest BCUT2D eigenvalue weighted by Gasteiger charge is -2.19. The van der Waals surface area contributed by atoms with Crippen LogP contribution in [0.3, 0.4) is 0 Å². The molecule has 0 aliphatic heterocycles. The summed E-state index contributed by atoms with van der Waals surface area (Å²) < 4.78 is 26.6. The first-order chi connectivity index (χ1) is 7.79. The van der Waals surface area contributed by atoms with Crippen LogP contribution in [0.25, 0.3) is 10.9 Å². The van der Waals surface area contributed by atoms with Crippen molar-refractivity contribution in [2.45, 2.75) is 26.2 Å². The molecule has 0 aliphatic carbocycles. The van der Waals surface area contributed by atoms with Gasteiger partial charge in [-0.05, 0) is 6.07 Å². The molecule has 0 saturated heterocycles. The van der Waals surface area contributed by atoms with Crippen molar-refractivity contribution in [3.05, 3.63) is 45.8 Å². The fourth-order valence-corrected chi connectivity index (χ4v) is 1.71. The molecule has 0 amide bonds. The number of aromatic nitrogens is 1. The van der Waals surface area contributed by atoms with Crippen molar-refractivity contribution in [2.24, 2.45) is 0 Å². The summed E-state index contributed by atoms with van der Waals surface area (Å²) in [6.07, 6.45) is 0. The molecule has 90 valence electrons. The Bertz CT molecular complexity index is 638. The lowest BCUT2D eigenvalue weighted by molar-refractivity contribution is 0.568. The number of benzene rings is 1. The van der Waals surface area contributed by atoms with Crippen LogP contribution in [-0.4, -0.2) is 4.98 Å². The summed E-state index contributed by atoms with van der Waals surface area (Å²) in [5.41, 5.74) is 0.136. The quantitative estimate of drug-likeness (QED) is 0.750. The number of hydrogen-bond acceptors (Lipinski definition) is 1. The Morgan fingerprint density at radius 3 is 2.35 bits per heavy atom. The van der Waals surface area contributed by atoms with Gasteiger partial charge in [0.15, 0.2) is 5.43 Å². The van der Waals surface area contributed by atoms with Crippen molar-refractivity contribution < 1.29 is 8.78 Å². The predicted octanol–water partition coefficient (Wildman–Crippen LogP) is 3.10. The average molecular weight is 237 g/mol. The molecule has 2 nitrogen and oxygen atoms in total. The van der Waals surface area contributed by atoms with Gasteiger partial charge >= 0.3 is 0 Å². The third-order valence-corrected chi connectivity index (χ3v) is 2.65. The summed E-state index contributed by atoms with van der Waals surface area (Å²) in [5.74, 6) is -1.53. The number of rotatable bonds is 0. The standard InChI is InChI=1S/C13H13F2NO/c1-13(2,3)11-6-10(17)12-8(15)4-7(14)5-9(12)16-11/h4-6H,1-3H3,(H,16,17). The number of H-pyrrole nitrogens is 1. The van der Waals surface area contributed by atoms with E-state index in [1.807, 2.05) is 20.8 Å². The highest BCUT2D eigenvalue weighted by molar-refractivity contribution is 5.79. The molecule has 0 radical (unpaired) electrons. The van der Waals surface area contributed by atoms with E-state index < -0.39 is 17.1 Å². The van der Waals surface area contributed by atoms with Crippen LogP contribution < -0.4 is 5.43 Å². The largest absolute Gasteiger partial charge is 0.358 e. The minimum Gasteiger partial charge on any atom is -0.358 e. The van der Waals surface area contributed by atoms with Gasteiger partial charge in [0.25, 0.3) is 0 Å². The van der Waals surface area contributed by atoms with Crippen LogP contribution >= 0.6 is 0 Å². The highest BCUT2D eigenvalue weighted by Gasteiger charge is 2.17. The number of pyridine rings is 1. The van der Waals surface area contributed by atoms with E-state index in [1.54, 1.807) is 0 Å². The predicted molar refractivity (Wildman–Crippen MR) is 63.2 cm³/mol. The van der Waals surface area contributed by atoms with Crippen molar-refractivity contribution in [1.29, 1.82) is 0 Å². The van der Waals surface area contributed by atoms with Gasteiger partial charge < -0.3 is 4.98 Å². The normalized spacial score (nSPS) is 12.1. The van der Waals surface area contributed by atoms with Crippen LogP contribution in [0, 0.1) is 11.6 Å². The SMILES string of the molecule is CC(C)(C)c1cc(=O)c2c(F)cc(F)cc2[nH]1. The molecule has 4 heteroatoms. The van der Waals surface area contributed by atoms with Gasteiger partial charge in [-0.15, -0.1) is 0 Å². The molecule has 0 bridgehead atoms. The maximum atomic E-state index is 13.5. The maximum absolute atomic E-state index is 13.5. The first-order valence-corrected chi connectivity index (χ1v) is 5.31. The van der Waals surface area contributed by atoms with Crippen LogP contribution in [0.2, 0.25) is 0 Å². The van der Waals surface area contributed by atoms with Gasteiger partial charge in [-0.25, -0.2) is 8.78 Å². The Labute approximate surface area is 97.3 Å². The lowest BCUT2D eigenvalue weighted by Crippen LogP contribution is -2.18. The molecule has 17 heavy (non-hydrogen) atoms. The summed E-state index contributed by atoms with van der Waals surface area (Å²) in [7, 11) is 0. The molecule has 2 rings (SSSR count). The molecule has 1 aromatic carbocycles. The zero-order chi connectivity index (χ0) is 12.8. The first-order valence-electron chi connectivity index (χ1n) is 5.31. The summed E-state index contributed by atoms with van der Waals surface area (Å²) in [4.78, 5) is 14.7. The molecule has 1 aromatic heterocycles. The van der Waals surface area contributed by atoms with Gasteiger partial charge in [0, 0.05) is 23.2 Å². The maximum Gasteiger partial charge on any atom is 0.192 e. The van der Waals surface area contributed by atoms with E-state index in [2.05, 4.69) is 4.98 Å². The number of aromatic amines is 1. The van der Waals surface area contributed by atoms with Crippen molar-refractivity contribution >= 4 is 10.9 Å². The van der Waals surface area contributed by atoms with Crippen molar-refractivity contribution in [1.82, 2.24) is 4.98 Å². The molecule has 0 aliphatic rings. The Balaban J connectivity index is 2.87. The molecule has 0 saturated carbocycles. The number of halogens is 2. The fraction of sp³-hybridized carbons (Fsp3) is 0.308. The van der Waals surface area contributed by atoms with E-state index in [-0.39, 0.29) is 16.3 Å². The van der Waals surface area contributed by atoms with Gasteiger partial charge in [0.05, 0.1) is 10.9 Å². The Morgan fingerprint density at radius 1 is 1.12 bits per heavy atom. The highest BCUT2D eigenvalue weighted by atomic mass is 19.1. The Morgan fingerprint density at radius 2 is 1.76 bits per heavy atom. The molecule has 0 fully saturated rings. The lowest BCUT2D eigenvalue weighted by atomic mass is 9.91. The second-order valence-corrected chi connectivity index (χ2v) is 5.11. The Kier molecular flexibility index (Phi) is 2.53. The van der Waals surface area contributed by atoms with Gasteiger partial charge in [-0.3, -0.25) is 4.79 Å². The number of nitrogens with one attached hydrogen (secondary N) is 1. The van der Waals surface area contributed by atoms with E-state index in [0.29, 0.717) is 11.8 Å². The third-order valence-electron chi connectivity index (χ3n) is 2.65. The third kappa shape index (κ3) is 2.07. The summed E-state index contributed by atoms with van der Waals surface area (Å²) in [5, 5.41) is -0.0978. The van der Waals surface area contributed by atoms with Crippen LogP contribution in [-0.2, 0) is 5.41 Å². The second kappa shape index (κ2) is 3.65. The van der Waals surface area contributed by atoms with E-state index in [0.717, 1.165) is 6.07 Å². The first kappa shape index (κ1) is 11.8. The summed E-state index contributed by atoms with van der Waals surface area (Å²) in [6.45, 7) is 5.75. The van der Waals surface area contributed by atoms with Gasteiger partial charge in [0.2, 0.25) is 0 Å². The minimum atomic E-state index is -0.832. The molecule has 0 unspecified atom stereocenters. The van der Waals surface area contributed by atoms with Gasteiger partial charge in [-0.2, -0.15) is 0 Å². The van der Waals surface area contributed by atoms with Crippen LogP contribution in [0.15, 0.2) is 23.0 Å². The molecular formula is C13H13F2NO. The summed E-state index contributed by atoms with van der Waals surface area (Å²) >= 11 is 0. The minimum absolute atomic E-state index is 0.0978. The zero-order valence-electron chi connectivity index (χ0n) is 9.90. The monoisotopic (exact) mass is 237 g/mol. The molecule has 2 aromatic rings. The van der Waals surface area contributed by atoms with Crippen LogP contribution in [0.4, 0.5) is 8.78 Å². The fourth-order valence-electron chi connectivity index (χ4n) is 1.71. The van der Waals surface area contributed by atoms with Crippen molar-refractivity contribution in [3.63, 3.8) is 0 Å². The highest BCUT2D eigenvalue weighted by Crippen LogP contribution is 2.22. The van der Waals surface area contributed by atoms with Crippen molar-refractivity contribution in [3.8, 4) is 0 Å². The van der Waals surface area contributed by atoms with E-state index >= 15 is 0 Å². The number of hydrogen-bond donors (Lipinski definition) is 1. The van der Waals surface area contributed by atoms with E-state index in [4.69, 9.17) is 0 Å². The zero-order valence-corrected chi connectivity index (χ0v) is 9.90. The number of fused-ring (bicyclic) bond motifs is 1. The summed E-state index contributed by atoms with van der Waals surface area (Å²) in [6, 6.07) is 3.21. The van der Waals surface area contributed by atoms with Gasteiger partial charge in [-0.1, -0.05) is 20.8 Å². The molecule has 0 atom stereocenters. The topological polar surface area (TPSA) is 32.9 Å². The van der Waals surface area contributed by atoms with Crippen LogP contribution in [0.1, 0.15) is 26.5 Å². The van der Waals surface area contributed by atoms with Gasteiger partial charge in [0.1, 0.15) is 11.6 Å². The smallest absolute Gasteiger partial charge is 0.192 e. The van der Waals surface area contributed by atoms with Crippen LogP contribution in [0.5, 0.6) is 0 Å². The average Bonchev–Trinajstić information content (AvgIpc) is 2.13. The molecular weight excluding hydrogens is 224 g/mol. The molecule has 0 spiro atoms. The second-order valence-electron chi connectivity index (χ2n) is 5.11. The van der Waals surface area contributed by atoms with E-state index in [9.17, 15) is 13.6 Å². The molecule has 1 heterocycles. The van der Waals surface area contributed by atoms with E-state index in [1.165, 1.54) is 6.07 Å². The van der Waals surface area contributed by atoms with Crippen molar-refractivity contribution in [2.75, 3.05) is 0 Å². The molecule has 1 N–H and O–H groups in total. The Hall–Kier alpha value is -1.71.